The summed E-state index contributed by atoms with van der Waals surface area (Å²) in [6.45, 7) is 0.871. The van der Waals surface area contributed by atoms with Crippen molar-refractivity contribution in [1.82, 2.24) is 0 Å². The fraction of sp³-hybridized carbons (Fsp3) is 0.130. The van der Waals surface area contributed by atoms with E-state index < -0.39 is 0 Å². The average molecular weight is 420 g/mol. The molecular formula is C23H21N3O3S. The SMILES string of the molecule is COCCN1C(=O)c2ccccc2Sc2cc(NC(=O)Nc3ccccc3)ccc21. The number of nitrogens with zero attached hydrogens (tertiary/aromatic N) is 1. The van der Waals surface area contributed by atoms with Crippen LogP contribution in [0.15, 0.2) is 82.6 Å². The fourth-order valence-electron chi connectivity index (χ4n) is 3.22. The Morgan fingerprint density at radius 2 is 1.67 bits per heavy atom. The van der Waals surface area contributed by atoms with Crippen molar-refractivity contribution >= 4 is 40.8 Å². The van der Waals surface area contributed by atoms with Crippen LogP contribution >= 0.6 is 11.8 Å². The van der Waals surface area contributed by atoms with Gasteiger partial charge in [-0.05, 0) is 42.5 Å². The monoisotopic (exact) mass is 419 g/mol. The van der Waals surface area contributed by atoms with Gasteiger partial charge in [0, 0.05) is 34.8 Å². The summed E-state index contributed by atoms with van der Waals surface area (Å²) in [5.74, 6) is -0.0589. The van der Waals surface area contributed by atoms with E-state index in [9.17, 15) is 9.59 Å². The van der Waals surface area contributed by atoms with Crippen LogP contribution in [-0.2, 0) is 4.74 Å². The molecular weight excluding hydrogens is 398 g/mol. The molecule has 3 aromatic carbocycles. The van der Waals surface area contributed by atoms with Crippen LogP contribution in [0.1, 0.15) is 10.4 Å². The number of methoxy groups -OCH3 is 1. The first-order valence-electron chi connectivity index (χ1n) is 9.50. The highest BCUT2D eigenvalue weighted by Gasteiger charge is 2.27. The zero-order chi connectivity index (χ0) is 20.9. The third-order valence-corrected chi connectivity index (χ3v) is 5.76. The van der Waals surface area contributed by atoms with Crippen LogP contribution in [0.3, 0.4) is 0 Å². The smallest absolute Gasteiger partial charge is 0.323 e. The molecule has 3 aromatic rings. The van der Waals surface area contributed by atoms with Crippen molar-refractivity contribution in [3.05, 3.63) is 78.4 Å². The van der Waals surface area contributed by atoms with Crippen LogP contribution in [-0.4, -0.2) is 32.2 Å². The summed E-state index contributed by atoms with van der Waals surface area (Å²) in [5.41, 5.74) is 2.82. The van der Waals surface area contributed by atoms with Crippen molar-refractivity contribution in [1.29, 1.82) is 0 Å². The molecule has 152 valence electrons. The van der Waals surface area contributed by atoms with Gasteiger partial charge >= 0.3 is 6.03 Å². The van der Waals surface area contributed by atoms with Crippen LogP contribution in [0.4, 0.5) is 21.9 Å². The molecule has 0 saturated heterocycles. The highest BCUT2D eigenvalue weighted by molar-refractivity contribution is 7.99. The lowest BCUT2D eigenvalue weighted by atomic mass is 10.1. The molecule has 0 unspecified atom stereocenters. The molecule has 1 aliphatic heterocycles. The Morgan fingerprint density at radius 1 is 0.933 bits per heavy atom. The summed E-state index contributed by atoms with van der Waals surface area (Å²) in [7, 11) is 1.62. The molecule has 0 aliphatic carbocycles. The van der Waals surface area contributed by atoms with Crippen LogP contribution in [0.5, 0.6) is 0 Å². The number of carbonyl (C=O) groups is 2. The van der Waals surface area contributed by atoms with E-state index in [0.717, 1.165) is 15.5 Å². The highest BCUT2D eigenvalue weighted by atomic mass is 32.2. The Labute approximate surface area is 179 Å². The molecule has 4 rings (SSSR count). The Kier molecular flexibility index (Phi) is 6.02. The number of rotatable bonds is 5. The van der Waals surface area contributed by atoms with Gasteiger partial charge in [0.25, 0.3) is 5.91 Å². The molecule has 3 amide bonds. The molecule has 30 heavy (non-hydrogen) atoms. The van der Waals surface area contributed by atoms with Gasteiger partial charge < -0.3 is 20.3 Å². The maximum Gasteiger partial charge on any atom is 0.323 e. The van der Waals surface area contributed by atoms with Crippen LogP contribution in [0.2, 0.25) is 0 Å². The summed E-state index contributed by atoms with van der Waals surface area (Å²) in [5, 5.41) is 5.67. The number of anilines is 3. The van der Waals surface area contributed by atoms with E-state index in [4.69, 9.17) is 4.74 Å². The predicted octanol–water partition coefficient (Wildman–Crippen LogP) is 5.09. The lowest BCUT2D eigenvalue weighted by Gasteiger charge is -2.23. The van der Waals surface area contributed by atoms with E-state index in [1.807, 2.05) is 66.7 Å². The standard InChI is InChI=1S/C23H21N3O3S/c1-29-14-13-26-19-12-11-17(25-23(28)24-16-7-3-2-4-8-16)15-21(19)30-20-10-6-5-9-18(20)22(26)27/h2-12,15H,13-14H2,1H3,(H2,24,25,28). The topological polar surface area (TPSA) is 70.7 Å². The van der Waals surface area contributed by atoms with Gasteiger partial charge in [0.05, 0.1) is 17.9 Å². The number of urea groups is 1. The van der Waals surface area contributed by atoms with Crippen LogP contribution < -0.4 is 15.5 Å². The van der Waals surface area contributed by atoms with Gasteiger partial charge in [0.1, 0.15) is 0 Å². The number of ether oxygens (including phenoxy) is 1. The molecule has 7 heteroatoms. The summed E-state index contributed by atoms with van der Waals surface area (Å²) in [6, 6.07) is 22.0. The molecule has 1 heterocycles. The first-order chi connectivity index (χ1) is 14.7. The average Bonchev–Trinajstić information content (AvgIpc) is 2.87. The molecule has 1 aliphatic rings. The number of fused-ring (bicyclic) bond motifs is 2. The molecule has 0 spiro atoms. The summed E-state index contributed by atoms with van der Waals surface area (Å²) in [4.78, 5) is 29.0. The largest absolute Gasteiger partial charge is 0.383 e. The molecule has 0 fully saturated rings. The third kappa shape index (κ3) is 4.32. The molecule has 2 N–H and O–H groups in total. The van der Waals surface area contributed by atoms with E-state index in [0.29, 0.717) is 30.1 Å². The van der Waals surface area contributed by atoms with E-state index >= 15 is 0 Å². The second-order valence-electron chi connectivity index (χ2n) is 6.68. The summed E-state index contributed by atoms with van der Waals surface area (Å²) >= 11 is 1.51. The molecule has 6 nitrogen and oxygen atoms in total. The number of para-hydroxylation sites is 1. The summed E-state index contributed by atoms with van der Waals surface area (Å²) in [6.07, 6.45) is 0. The second-order valence-corrected chi connectivity index (χ2v) is 7.76. The Hall–Kier alpha value is -3.29. The van der Waals surface area contributed by atoms with Crippen molar-refractivity contribution in [3.63, 3.8) is 0 Å². The Bertz CT molecular complexity index is 1070. The maximum atomic E-state index is 13.1. The number of amides is 3. The zero-order valence-electron chi connectivity index (χ0n) is 16.4. The number of nitrogens with one attached hydrogen (secondary N) is 2. The molecule has 0 saturated carbocycles. The molecule has 0 bridgehead atoms. The lowest BCUT2D eigenvalue weighted by Crippen LogP contribution is -2.33. The van der Waals surface area contributed by atoms with Gasteiger partial charge in [-0.3, -0.25) is 4.79 Å². The minimum Gasteiger partial charge on any atom is -0.383 e. The normalized spacial score (nSPS) is 12.6. The zero-order valence-corrected chi connectivity index (χ0v) is 17.2. The molecule has 0 radical (unpaired) electrons. The Balaban J connectivity index is 1.62. The van der Waals surface area contributed by atoms with Crippen molar-refractivity contribution in [2.24, 2.45) is 0 Å². The number of hydrogen-bond acceptors (Lipinski definition) is 4. The summed E-state index contributed by atoms with van der Waals surface area (Å²) < 4.78 is 5.20. The van der Waals surface area contributed by atoms with Crippen molar-refractivity contribution in [2.75, 3.05) is 35.8 Å². The van der Waals surface area contributed by atoms with Gasteiger partial charge in [-0.15, -0.1) is 0 Å². The minimum absolute atomic E-state index is 0.0589. The number of benzene rings is 3. The van der Waals surface area contributed by atoms with E-state index in [2.05, 4.69) is 10.6 Å². The van der Waals surface area contributed by atoms with Gasteiger partial charge in [-0.2, -0.15) is 0 Å². The number of hydrogen-bond donors (Lipinski definition) is 2. The maximum absolute atomic E-state index is 13.1. The van der Waals surface area contributed by atoms with Crippen molar-refractivity contribution < 1.29 is 14.3 Å². The van der Waals surface area contributed by atoms with Crippen molar-refractivity contribution in [2.45, 2.75) is 9.79 Å². The van der Waals surface area contributed by atoms with Gasteiger partial charge in [-0.1, -0.05) is 42.1 Å². The fourth-order valence-corrected chi connectivity index (χ4v) is 4.34. The highest BCUT2D eigenvalue weighted by Crippen LogP contribution is 2.42. The van der Waals surface area contributed by atoms with Crippen LogP contribution in [0, 0.1) is 0 Å². The van der Waals surface area contributed by atoms with Crippen molar-refractivity contribution in [3.8, 4) is 0 Å². The van der Waals surface area contributed by atoms with Gasteiger partial charge in [0.2, 0.25) is 0 Å². The molecule has 0 atom stereocenters. The van der Waals surface area contributed by atoms with Gasteiger partial charge in [-0.25, -0.2) is 4.79 Å². The minimum atomic E-state index is -0.326. The Morgan fingerprint density at radius 3 is 2.47 bits per heavy atom. The first kappa shape index (κ1) is 20.0. The van der Waals surface area contributed by atoms with E-state index in [-0.39, 0.29) is 11.9 Å². The van der Waals surface area contributed by atoms with Crippen LogP contribution in [0.25, 0.3) is 0 Å². The second kappa shape index (κ2) is 9.02. The number of carbonyl (C=O) groups excluding carboxylic acids is 2. The van der Waals surface area contributed by atoms with Gasteiger partial charge in [0.15, 0.2) is 0 Å². The quantitative estimate of drug-likeness (QED) is 0.604. The van der Waals surface area contributed by atoms with E-state index in [1.54, 1.807) is 18.1 Å². The third-order valence-electron chi connectivity index (χ3n) is 4.64. The molecule has 0 aromatic heterocycles. The predicted molar refractivity (Wildman–Crippen MR) is 120 cm³/mol. The lowest BCUT2D eigenvalue weighted by molar-refractivity contribution is 0.0973. The first-order valence-corrected chi connectivity index (χ1v) is 10.3. The van der Waals surface area contributed by atoms with E-state index in [1.165, 1.54) is 11.8 Å².